The summed E-state index contributed by atoms with van der Waals surface area (Å²) in [7, 11) is 0. The zero-order valence-corrected chi connectivity index (χ0v) is 16.2. The molecule has 0 amide bonds. The Morgan fingerprint density at radius 2 is 1.53 bits per heavy atom. The molecule has 0 bridgehead atoms. The molecule has 0 saturated carbocycles. The number of likely N-dealkylation sites (tertiary alicyclic amines) is 1. The van der Waals surface area contributed by atoms with Gasteiger partial charge in [-0.2, -0.15) is 26.3 Å². The summed E-state index contributed by atoms with van der Waals surface area (Å²) in [4.78, 5) is 1.89. The van der Waals surface area contributed by atoms with Crippen LogP contribution in [0.5, 0.6) is 0 Å². The van der Waals surface area contributed by atoms with Crippen LogP contribution >= 0.6 is 0 Å². The van der Waals surface area contributed by atoms with Crippen LogP contribution < -0.4 is 0 Å². The van der Waals surface area contributed by atoms with E-state index in [0.717, 1.165) is 18.2 Å². The van der Waals surface area contributed by atoms with Gasteiger partial charge in [-0.05, 0) is 61.0 Å². The van der Waals surface area contributed by atoms with Gasteiger partial charge in [0.2, 0.25) is 0 Å². The molecular weight excluding hydrogens is 408 g/mol. The van der Waals surface area contributed by atoms with Gasteiger partial charge in [-0.25, -0.2) is 0 Å². The molecule has 164 valence electrons. The van der Waals surface area contributed by atoms with Crippen LogP contribution in [0.2, 0.25) is 0 Å². The summed E-state index contributed by atoms with van der Waals surface area (Å²) in [5.41, 5.74) is -1.28. The lowest BCUT2D eigenvalue weighted by atomic mass is 9.74. The van der Waals surface area contributed by atoms with E-state index in [4.69, 9.17) is 0 Å². The van der Waals surface area contributed by atoms with Crippen LogP contribution in [0, 0.1) is 5.41 Å². The maximum absolute atomic E-state index is 13.2. The molecule has 1 aliphatic heterocycles. The zero-order valence-electron chi connectivity index (χ0n) is 16.2. The van der Waals surface area contributed by atoms with Crippen molar-refractivity contribution < 1.29 is 31.4 Å². The number of rotatable bonds is 5. The van der Waals surface area contributed by atoms with E-state index in [0.29, 0.717) is 37.9 Å². The lowest BCUT2D eigenvalue weighted by molar-refractivity contribution is -0.139. The molecule has 2 aromatic carbocycles. The number of hydrogen-bond acceptors (Lipinski definition) is 2. The fourth-order valence-corrected chi connectivity index (χ4v) is 4.04. The molecule has 30 heavy (non-hydrogen) atoms. The number of halogens is 6. The molecule has 0 atom stereocenters. The van der Waals surface area contributed by atoms with Crippen molar-refractivity contribution in [3.05, 3.63) is 70.8 Å². The van der Waals surface area contributed by atoms with Gasteiger partial charge in [0.1, 0.15) is 0 Å². The summed E-state index contributed by atoms with van der Waals surface area (Å²) in [5, 5.41) is 9.97. The maximum atomic E-state index is 13.2. The highest BCUT2D eigenvalue weighted by molar-refractivity contribution is 5.30. The number of benzene rings is 2. The fraction of sp³-hybridized carbons (Fsp3) is 0.455. The number of aliphatic hydroxyl groups excluding tert-OH is 1. The molecule has 8 heteroatoms. The molecule has 0 aromatic heterocycles. The van der Waals surface area contributed by atoms with Crippen LogP contribution in [0.4, 0.5) is 26.3 Å². The molecule has 1 aliphatic rings. The zero-order chi connectivity index (χ0) is 22.0. The van der Waals surface area contributed by atoms with Crippen molar-refractivity contribution in [1.29, 1.82) is 0 Å². The predicted octanol–water partition coefficient (Wildman–Crippen LogP) is 5.54. The fourth-order valence-electron chi connectivity index (χ4n) is 4.04. The summed E-state index contributed by atoms with van der Waals surface area (Å²) in [6, 6.07) is 10.5. The van der Waals surface area contributed by atoms with Gasteiger partial charge in [0.25, 0.3) is 0 Å². The van der Waals surface area contributed by atoms with Crippen molar-refractivity contribution in [2.75, 3.05) is 19.7 Å². The minimum atomic E-state index is -4.43. The Balaban J connectivity index is 1.68. The summed E-state index contributed by atoms with van der Waals surface area (Å²) in [6.07, 6.45) is -7.58. The minimum absolute atomic E-state index is 0.140. The summed E-state index contributed by atoms with van der Waals surface area (Å²) in [6.45, 7) is 0.883. The Kier molecular flexibility index (Phi) is 6.48. The molecule has 1 N–H and O–H groups in total. The first-order valence-corrected chi connectivity index (χ1v) is 9.67. The average molecular weight is 431 g/mol. The quantitative estimate of drug-likeness (QED) is 0.629. The van der Waals surface area contributed by atoms with E-state index < -0.39 is 28.9 Å². The van der Waals surface area contributed by atoms with E-state index in [2.05, 4.69) is 0 Å². The Hall–Kier alpha value is -2.06. The van der Waals surface area contributed by atoms with E-state index in [1.54, 1.807) is 12.1 Å². The Labute approximate surface area is 171 Å². The molecular formula is C22H23F6NO. The molecule has 0 radical (unpaired) electrons. The molecule has 1 heterocycles. The second-order valence-corrected chi connectivity index (χ2v) is 7.96. The molecule has 1 fully saturated rings. The van der Waals surface area contributed by atoms with Crippen LogP contribution in [-0.4, -0.2) is 29.7 Å². The third-order valence-electron chi connectivity index (χ3n) is 5.80. The standard InChI is InChI=1S/C22H23F6NO/c23-21(24,25)18-6-3-4-16(12-18)13-20(15-30)8-10-29(11-9-20)14-17-5-1-2-7-19(17)22(26,27)28/h1-7,12,30H,8-11,13-15H2. The third-order valence-corrected chi connectivity index (χ3v) is 5.80. The number of nitrogens with zero attached hydrogens (tertiary/aromatic N) is 1. The van der Waals surface area contributed by atoms with E-state index in [1.807, 2.05) is 4.90 Å². The van der Waals surface area contributed by atoms with E-state index in [9.17, 15) is 31.4 Å². The van der Waals surface area contributed by atoms with Crippen LogP contribution in [0.1, 0.15) is 35.1 Å². The second kappa shape index (κ2) is 8.59. The van der Waals surface area contributed by atoms with Crippen LogP contribution in [0.15, 0.2) is 48.5 Å². The first-order valence-electron chi connectivity index (χ1n) is 9.67. The Bertz CT molecular complexity index is 853. The van der Waals surface area contributed by atoms with Gasteiger partial charge in [-0.1, -0.05) is 36.4 Å². The van der Waals surface area contributed by atoms with E-state index in [-0.39, 0.29) is 18.7 Å². The second-order valence-electron chi connectivity index (χ2n) is 7.96. The van der Waals surface area contributed by atoms with Crippen molar-refractivity contribution in [2.45, 2.75) is 38.2 Å². The summed E-state index contributed by atoms with van der Waals surface area (Å²) < 4.78 is 78.5. The normalized spacial score (nSPS) is 17.8. The van der Waals surface area contributed by atoms with Crippen molar-refractivity contribution in [2.24, 2.45) is 5.41 Å². The van der Waals surface area contributed by atoms with Gasteiger partial charge in [0.05, 0.1) is 11.1 Å². The van der Waals surface area contributed by atoms with Crippen molar-refractivity contribution in [3.8, 4) is 0 Å². The largest absolute Gasteiger partial charge is 0.416 e. The number of piperidine rings is 1. The van der Waals surface area contributed by atoms with Gasteiger partial charge in [-0.15, -0.1) is 0 Å². The smallest absolute Gasteiger partial charge is 0.396 e. The molecule has 0 aliphatic carbocycles. The molecule has 2 nitrogen and oxygen atoms in total. The highest BCUT2D eigenvalue weighted by Gasteiger charge is 2.37. The minimum Gasteiger partial charge on any atom is -0.396 e. The van der Waals surface area contributed by atoms with Gasteiger partial charge in [0, 0.05) is 13.2 Å². The molecule has 0 spiro atoms. The topological polar surface area (TPSA) is 23.5 Å². The number of aliphatic hydroxyl groups is 1. The molecule has 0 unspecified atom stereocenters. The summed E-state index contributed by atoms with van der Waals surface area (Å²) in [5.74, 6) is 0. The third kappa shape index (κ3) is 5.35. The molecule has 1 saturated heterocycles. The van der Waals surface area contributed by atoms with Crippen molar-refractivity contribution in [1.82, 2.24) is 4.90 Å². The van der Waals surface area contributed by atoms with Gasteiger partial charge in [0.15, 0.2) is 0 Å². The number of hydrogen-bond donors (Lipinski definition) is 1. The highest BCUT2D eigenvalue weighted by atomic mass is 19.4. The van der Waals surface area contributed by atoms with Crippen molar-refractivity contribution in [3.63, 3.8) is 0 Å². The average Bonchev–Trinajstić information content (AvgIpc) is 2.69. The highest BCUT2D eigenvalue weighted by Crippen LogP contribution is 2.38. The first-order chi connectivity index (χ1) is 14.0. The SMILES string of the molecule is OCC1(Cc2cccc(C(F)(F)F)c2)CCN(Cc2ccccc2C(F)(F)F)CC1. The maximum Gasteiger partial charge on any atom is 0.416 e. The molecule has 3 rings (SSSR count). The van der Waals surface area contributed by atoms with Gasteiger partial charge in [-0.3, -0.25) is 4.90 Å². The lowest BCUT2D eigenvalue weighted by Crippen LogP contribution is -2.43. The van der Waals surface area contributed by atoms with E-state index >= 15 is 0 Å². The number of alkyl halides is 6. The van der Waals surface area contributed by atoms with Crippen LogP contribution in [0.3, 0.4) is 0 Å². The monoisotopic (exact) mass is 431 g/mol. The van der Waals surface area contributed by atoms with Crippen LogP contribution in [-0.2, 0) is 25.3 Å². The lowest BCUT2D eigenvalue weighted by Gasteiger charge is -2.41. The summed E-state index contributed by atoms with van der Waals surface area (Å²) >= 11 is 0. The predicted molar refractivity (Wildman–Crippen MR) is 101 cm³/mol. The van der Waals surface area contributed by atoms with Crippen LogP contribution in [0.25, 0.3) is 0 Å². The first kappa shape index (κ1) is 22.6. The van der Waals surface area contributed by atoms with Gasteiger partial charge < -0.3 is 5.11 Å². The molecule has 2 aromatic rings. The van der Waals surface area contributed by atoms with Gasteiger partial charge >= 0.3 is 12.4 Å². The Morgan fingerprint density at radius 1 is 0.867 bits per heavy atom. The Morgan fingerprint density at radius 3 is 2.13 bits per heavy atom. The van der Waals surface area contributed by atoms with E-state index in [1.165, 1.54) is 18.2 Å². The van der Waals surface area contributed by atoms with Crippen molar-refractivity contribution >= 4 is 0 Å².